The molecule has 0 saturated carbocycles. The molecule has 1 aliphatic heterocycles. The van der Waals surface area contributed by atoms with E-state index in [1.807, 2.05) is 36.1 Å². The second kappa shape index (κ2) is 7.40. The highest BCUT2D eigenvalue weighted by molar-refractivity contribution is 5.89. The second-order valence-corrected chi connectivity index (χ2v) is 5.34. The minimum absolute atomic E-state index is 0.0616. The molecule has 0 spiro atoms. The molecule has 6 heteroatoms. The Kier molecular flexibility index (Phi) is 5.55. The third-order valence-electron chi connectivity index (χ3n) is 3.74. The monoisotopic (exact) mass is 293 g/mol. The average molecular weight is 293 g/mol. The van der Waals surface area contributed by atoms with Crippen LogP contribution in [0, 0.1) is 6.92 Å². The molecule has 1 heterocycles. The lowest BCUT2D eigenvalue weighted by atomic mass is 10.1. The van der Waals surface area contributed by atoms with Crippen LogP contribution in [0.5, 0.6) is 0 Å². The zero-order valence-corrected chi connectivity index (χ0v) is 12.3. The summed E-state index contributed by atoms with van der Waals surface area (Å²) in [6, 6.07) is 7.79. The van der Waals surface area contributed by atoms with Gasteiger partial charge in [0.05, 0.1) is 13.2 Å². The predicted molar refractivity (Wildman–Crippen MR) is 81.3 cm³/mol. The maximum absolute atomic E-state index is 12.1. The van der Waals surface area contributed by atoms with Crippen LogP contribution in [0.1, 0.15) is 5.56 Å². The number of hydrogen-bond acceptors (Lipinski definition) is 4. The first kappa shape index (κ1) is 15.8. The lowest BCUT2D eigenvalue weighted by Gasteiger charge is -2.45. The van der Waals surface area contributed by atoms with Crippen LogP contribution < -0.4 is 5.32 Å². The number of nitrogens with one attached hydrogen (secondary N) is 1. The van der Waals surface area contributed by atoms with Crippen molar-refractivity contribution in [3.8, 4) is 0 Å². The Morgan fingerprint density at radius 2 is 1.81 bits per heavy atom. The summed E-state index contributed by atoms with van der Waals surface area (Å²) in [5.74, 6) is 0. The highest BCUT2D eigenvalue weighted by Crippen LogP contribution is 2.17. The van der Waals surface area contributed by atoms with Crippen LogP contribution >= 0.6 is 0 Å². The fraction of sp³-hybridized carbons (Fsp3) is 0.533. The molecule has 0 unspecified atom stereocenters. The van der Waals surface area contributed by atoms with Gasteiger partial charge in [-0.25, -0.2) is 4.79 Å². The minimum Gasteiger partial charge on any atom is -0.395 e. The zero-order valence-electron chi connectivity index (χ0n) is 12.3. The van der Waals surface area contributed by atoms with Crippen LogP contribution in [-0.4, -0.2) is 71.5 Å². The summed E-state index contributed by atoms with van der Waals surface area (Å²) >= 11 is 0. The predicted octanol–water partition coefficient (Wildman–Crippen LogP) is 0.498. The molecular formula is C15H23N3O3. The maximum atomic E-state index is 12.1. The number of aliphatic hydroxyl groups is 2. The number of anilines is 1. The molecule has 0 atom stereocenters. The molecule has 1 aliphatic rings. The van der Waals surface area contributed by atoms with E-state index in [2.05, 4.69) is 5.32 Å². The summed E-state index contributed by atoms with van der Waals surface area (Å²) in [5.41, 5.74) is 1.94. The SMILES string of the molecule is Cc1ccc(NC(=O)N2CC(N(CCO)CCO)C2)cc1. The first-order valence-corrected chi connectivity index (χ1v) is 7.22. The van der Waals surface area contributed by atoms with Gasteiger partial charge >= 0.3 is 6.03 Å². The van der Waals surface area contributed by atoms with Crippen molar-refractivity contribution >= 4 is 11.7 Å². The third-order valence-corrected chi connectivity index (χ3v) is 3.74. The molecule has 116 valence electrons. The molecule has 0 bridgehead atoms. The van der Waals surface area contributed by atoms with E-state index in [-0.39, 0.29) is 25.3 Å². The summed E-state index contributed by atoms with van der Waals surface area (Å²) in [6.07, 6.45) is 0. The van der Waals surface area contributed by atoms with E-state index in [1.54, 1.807) is 4.90 Å². The number of carbonyl (C=O) groups excluding carboxylic acids is 1. The number of likely N-dealkylation sites (tertiary alicyclic amines) is 1. The van der Waals surface area contributed by atoms with Crippen molar-refractivity contribution in [2.45, 2.75) is 13.0 Å². The van der Waals surface area contributed by atoms with Crippen LogP contribution in [0.15, 0.2) is 24.3 Å². The van der Waals surface area contributed by atoms with Crippen LogP contribution in [0.3, 0.4) is 0 Å². The number of benzene rings is 1. The van der Waals surface area contributed by atoms with Crippen molar-refractivity contribution in [3.05, 3.63) is 29.8 Å². The lowest BCUT2D eigenvalue weighted by Crippen LogP contribution is -2.62. The molecule has 21 heavy (non-hydrogen) atoms. The fourth-order valence-electron chi connectivity index (χ4n) is 2.43. The molecular weight excluding hydrogens is 270 g/mol. The van der Waals surface area contributed by atoms with E-state index in [1.165, 1.54) is 0 Å². The zero-order chi connectivity index (χ0) is 15.2. The average Bonchev–Trinajstić information content (AvgIpc) is 2.40. The second-order valence-electron chi connectivity index (χ2n) is 5.34. The maximum Gasteiger partial charge on any atom is 0.321 e. The Morgan fingerprint density at radius 3 is 2.33 bits per heavy atom. The Bertz CT molecular complexity index is 452. The highest BCUT2D eigenvalue weighted by Gasteiger charge is 2.34. The molecule has 1 saturated heterocycles. The van der Waals surface area contributed by atoms with Gasteiger partial charge in [-0.3, -0.25) is 4.90 Å². The lowest BCUT2D eigenvalue weighted by molar-refractivity contribution is 0.0393. The first-order valence-electron chi connectivity index (χ1n) is 7.22. The molecule has 1 aromatic rings. The molecule has 2 rings (SSSR count). The Hall–Kier alpha value is -1.63. The molecule has 6 nitrogen and oxygen atoms in total. The van der Waals surface area contributed by atoms with Crippen LogP contribution in [0.25, 0.3) is 0 Å². The number of carbonyl (C=O) groups is 1. The van der Waals surface area contributed by atoms with Gasteiger partial charge in [-0.1, -0.05) is 17.7 Å². The van der Waals surface area contributed by atoms with Crippen molar-refractivity contribution in [2.75, 3.05) is 44.7 Å². The Labute approximate surface area is 125 Å². The van der Waals surface area contributed by atoms with Gasteiger partial charge in [0, 0.05) is 37.9 Å². The molecule has 3 N–H and O–H groups in total. The van der Waals surface area contributed by atoms with Crippen LogP contribution in [0.4, 0.5) is 10.5 Å². The minimum atomic E-state index is -0.108. The summed E-state index contributed by atoms with van der Waals surface area (Å²) in [5, 5.41) is 20.9. The summed E-state index contributed by atoms with van der Waals surface area (Å²) in [6.45, 7) is 4.42. The van der Waals surface area contributed by atoms with Crippen LogP contribution in [0.2, 0.25) is 0 Å². The van der Waals surface area contributed by atoms with Crippen LogP contribution in [-0.2, 0) is 0 Å². The number of aryl methyl sites for hydroxylation is 1. The number of amides is 2. The standard InChI is InChI=1S/C15H23N3O3/c1-12-2-4-13(5-3-12)16-15(21)18-10-14(11-18)17(6-8-19)7-9-20/h2-5,14,19-20H,6-11H2,1H3,(H,16,21). The van der Waals surface area contributed by atoms with Gasteiger partial charge in [0.1, 0.15) is 0 Å². The molecule has 0 radical (unpaired) electrons. The van der Waals surface area contributed by atoms with Crippen molar-refractivity contribution in [3.63, 3.8) is 0 Å². The molecule has 0 aliphatic carbocycles. The highest BCUT2D eigenvalue weighted by atomic mass is 16.3. The number of aliphatic hydroxyl groups excluding tert-OH is 2. The quantitative estimate of drug-likeness (QED) is 0.714. The fourth-order valence-corrected chi connectivity index (χ4v) is 2.43. The molecule has 2 amide bonds. The van der Waals surface area contributed by atoms with Gasteiger partial charge in [0.2, 0.25) is 0 Å². The Morgan fingerprint density at radius 1 is 1.24 bits per heavy atom. The van der Waals surface area contributed by atoms with E-state index in [4.69, 9.17) is 10.2 Å². The third kappa shape index (κ3) is 4.17. The van der Waals surface area contributed by atoms with Gasteiger partial charge in [-0.05, 0) is 19.1 Å². The summed E-state index contributed by atoms with van der Waals surface area (Å²) < 4.78 is 0. The molecule has 1 fully saturated rings. The van der Waals surface area contributed by atoms with E-state index < -0.39 is 0 Å². The number of urea groups is 1. The number of rotatable bonds is 6. The van der Waals surface area contributed by atoms with Crippen molar-refractivity contribution < 1.29 is 15.0 Å². The normalized spacial score (nSPS) is 15.1. The van der Waals surface area contributed by atoms with Gasteiger partial charge in [0.15, 0.2) is 0 Å². The van der Waals surface area contributed by atoms with Gasteiger partial charge < -0.3 is 20.4 Å². The molecule has 0 aromatic heterocycles. The Balaban J connectivity index is 1.80. The van der Waals surface area contributed by atoms with E-state index in [9.17, 15) is 4.79 Å². The van der Waals surface area contributed by atoms with Gasteiger partial charge in [0.25, 0.3) is 0 Å². The smallest absolute Gasteiger partial charge is 0.321 e. The van der Waals surface area contributed by atoms with Crippen molar-refractivity contribution in [1.82, 2.24) is 9.80 Å². The topological polar surface area (TPSA) is 76.0 Å². The number of nitrogens with zero attached hydrogens (tertiary/aromatic N) is 2. The van der Waals surface area contributed by atoms with Gasteiger partial charge in [-0.15, -0.1) is 0 Å². The first-order chi connectivity index (χ1) is 10.1. The summed E-state index contributed by atoms with van der Waals surface area (Å²) in [7, 11) is 0. The van der Waals surface area contributed by atoms with Crippen molar-refractivity contribution in [2.24, 2.45) is 0 Å². The van der Waals surface area contributed by atoms with E-state index >= 15 is 0 Å². The van der Waals surface area contributed by atoms with Crippen molar-refractivity contribution in [1.29, 1.82) is 0 Å². The van der Waals surface area contributed by atoms with E-state index in [0.717, 1.165) is 11.3 Å². The summed E-state index contributed by atoms with van der Waals surface area (Å²) in [4.78, 5) is 15.8. The largest absolute Gasteiger partial charge is 0.395 e. The van der Waals surface area contributed by atoms with Gasteiger partial charge in [-0.2, -0.15) is 0 Å². The van der Waals surface area contributed by atoms with E-state index in [0.29, 0.717) is 26.2 Å². The molecule has 1 aromatic carbocycles. The number of hydrogen-bond donors (Lipinski definition) is 3.